The number of hydrogen-bond acceptors (Lipinski definition) is 3. The summed E-state index contributed by atoms with van der Waals surface area (Å²) in [6, 6.07) is 6.09. The quantitative estimate of drug-likeness (QED) is 0.749. The number of nitrogens with zero attached hydrogens (tertiary/aromatic N) is 1. The maximum atomic E-state index is 13.5. The van der Waals surface area contributed by atoms with E-state index in [-0.39, 0.29) is 22.1 Å². The smallest absolute Gasteiger partial charge is 0.300 e. The highest BCUT2D eigenvalue weighted by molar-refractivity contribution is 6.31. The second kappa shape index (κ2) is 4.72. The van der Waals surface area contributed by atoms with Crippen LogP contribution in [0.5, 0.6) is 0 Å². The van der Waals surface area contributed by atoms with Crippen LogP contribution in [0.2, 0.25) is 5.02 Å². The summed E-state index contributed by atoms with van der Waals surface area (Å²) in [5.74, 6) is -2.70. The predicted molar refractivity (Wildman–Crippen MR) is 68.6 cm³/mol. The molecule has 3 rings (SSSR count). The second-order valence-electron chi connectivity index (χ2n) is 3.98. The molecule has 20 heavy (non-hydrogen) atoms. The zero-order valence-electron chi connectivity index (χ0n) is 9.75. The molecular weight excluding hydrogens is 293 g/mol. The fraction of sp³-hybridized carbons (Fsp3) is 0. The van der Waals surface area contributed by atoms with Gasteiger partial charge in [0.15, 0.2) is 11.4 Å². The first-order chi connectivity index (χ1) is 9.54. The average Bonchev–Trinajstić information content (AvgIpc) is 2.82. The van der Waals surface area contributed by atoms with Gasteiger partial charge < -0.3 is 9.73 Å². The summed E-state index contributed by atoms with van der Waals surface area (Å²) in [6.45, 7) is 0. The van der Waals surface area contributed by atoms with E-state index in [0.29, 0.717) is 5.69 Å². The third-order valence-electron chi connectivity index (χ3n) is 2.62. The van der Waals surface area contributed by atoms with Crippen LogP contribution in [0, 0.1) is 17.5 Å². The molecule has 2 aromatic carbocycles. The highest BCUT2D eigenvalue weighted by Gasteiger charge is 2.14. The second-order valence-corrected chi connectivity index (χ2v) is 4.39. The fourth-order valence-corrected chi connectivity index (χ4v) is 1.87. The standard InChI is InChI=1S/C13H6ClF3N2O/c14-7-5-6(1-2-8(7)15)18-13-19-10-4-3-9(16)11(17)12(10)20-13/h1-5H,(H,18,19). The van der Waals surface area contributed by atoms with E-state index in [9.17, 15) is 13.2 Å². The Labute approximate surface area is 116 Å². The van der Waals surface area contributed by atoms with Gasteiger partial charge in [0, 0.05) is 5.69 Å². The van der Waals surface area contributed by atoms with Gasteiger partial charge in [-0.3, -0.25) is 0 Å². The number of oxazole rings is 1. The monoisotopic (exact) mass is 298 g/mol. The number of benzene rings is 2. The Hall–Kier alpha value is -2.21. The molecule has 0 bridgehead atoms. The molecule has 7 heteroatoms. The topological polar surface area (TPSA) is 38.1 Å². The van der Waals surface area contributed by atoms with Gasteiger partial charge in [-0.15, -0.1) is 0 Å². The summed E-state index contributed by atoms with van der Waals surface area (Å²) in [5, 5.41) is 2.61. The molecule has 0 saturated carbocycles. The van der Waals surface area contributed by atoms with Gasteiger partial charge in [0.05, 0.1) is 5.02 Å². The van der Waals surface area contributed by atoms with Crippen molar-refractivity contribution < 1.29 is 17.6 Å². The van der Waals surface area contributed by atoms with E-state index < -0.39 is 17.5 Å². The number of halogens is 4. The minimum Gasteiger partial charge on any atom is -0.420 e. The van der Waals surface area contributed by atoms with E-state index in [1.54, 1.807) is 0 Å². The lowest BCUT2D eigenvalue weighted by molar-refractivity contribution is 0.494. The van der Waals surface area contributed by atoms with E-state index in [2.05, 4.69) is 10.3 Å². The largest absolute Gasteiger partial charge is 0.420 e. The van der Waals surface area contributed by atoms with Crippen LogP contribution < -0.4 is 5.32 Å². The van der Waals surface area contributed by atoms with Crippen LogP contribution in [0.4, 0.5) is 24.9 Å². The molecule has 0 spiro atoms. The highest BCUT2D eigenvalue weighted by atomic mass is 35.5. The summed E-state index contributed by atoms with van der Waals surface area (Å²) >= 11 is 5.63. The third-order valence-corrected chi connectivity index (χ3v) is 2.91. The maximum Gasteiger partial charge on any atom is 0.300 e. The lowest BCUT2D eigenvalue weighted by Crippen LogP contribution is -1.90. The zero-order valence-corrected chi connectivity index (χ0v) is 10.5. The summed E-state index contributed by atoms with van der Waals surface area (Å²) in [6.07, 6.45) is 0. The molecule has 0 aliphatic carbocycles. The lowest BCUT2D eigenvalue weighted by atomic mass is 10.3. The molecule has 1 aromatic heterocycles. The van der Waals surface area contributed by atoms with Crippen LogP contribution in [0.1, 0.15) is 0 Å². The molecule has 0 aliphatic rings. The van der Waals surface area contributed by atoms with Crippen molar-refractivity contribution in [2.24, 2.45) is 0 Å². The molecule has 0 atom stereocenters. The molecule has 102 valence electrons. The van der Waals surface area contributed by atoms with Crippen molar-refractivity contribution in [3.05, 3.63) is 52.8 Å². The summed E-state index contributed by atoms with van der Waals surface area (Å²) < 4.78 is 44.6. The van der Waals surface area contributed by atoms with Crippen molar-refractivity contribution in [2.75, 3.05) is 5.32 Å². The number of fused-ring (bicyclic) bond motifs is 1. The molecule has 1 heterocycles. The van der Waals surface area contributed by atoms with E-state index in [4.69, 9.17) is 16.0 Å². The van der Waals surface area contributed by atoms with Gasteiger partial charge in [-0.05, 0) is 30.3 Å². The van der Waals surface area contributed by atoms with E-state index >= 15 is 0 Å². The minimum absolute atomic E-state index is 0.0489. The first-order valence-corrected chi connectivity index (χ1v) is 5.89. The van der Waals surface area contributed by atoms with Gasteiger partial charge in [-0.25, -0.2) is 8.78 Å². The van der Waals surface area contributed by atoms with Crippen LogP contribution in [0.25, 0.3) is 11.1 Å². The van der Waals surface area contributed by atoms with Crippen molar-refractivity contribution in [3.63, 3.8) is 0 Å². The molecule has 0 saturated heterocycles. The van der Waals surface area contributed by atoms with Crippen molar-refractivity contribution in [1.29, 1.82) is 0 Å². The van der Waals surface area contributed by atoms with Crippen LogP contribution >= 0.6 is 11.6 Å². The number of hydrogen-bond donors (Lipinski definition) is 1. The van der Waals surface area contributed by atoms with Gasteiger partial charge in [0.1, 0.15) is 11.3 Å². The number of nitrogens with one attached hydrogen (secondary N) is 1. The first-order valence-electron chi connectivity index (χ1n) is 5.51. The molecule has 0 radical (unpaired) electrons. The van der Waals surface area contributed by atoms with Gasteiger partial charge in [-0.1, -0.05) is 11.6 Å². The average molecular weight is 299 g/mol. The molecule has 0 aliphatic heterocycles. The number of rotatable bonds is 2. The summed E-state index contributed by atoms with van der Waals surface area (Å²) in [5.41, 5.74) is 0.282. The van der Waals surface area contributed by atoms with Crippen LogP contribution in [0.15, 0.2) is 34.7 Å². The van der Waals surface area contributed by atoms with Crippen molar-refractivity contribution >= 4 is 34.4 Å². The third kappa shape index (κ3) is 2.18. The van der Waals surface area contributed by atoms with Gasteiger partial charge >= 0.3 is 0 Å². The first kappa shape index (κ1) is 12.8. The molecule has 0 fully saturated rings. The van der Waals surface area contributed by atoms with Crippen molar-refractivity contribution in [2.45, 2.75) is 0 Å². The van der Waals surface area contributed by atoms with Crippen LogP contribution in [-0.2, 0) is 0 Å². The van der Waals surface area contributed by atoms with E-state index in [0.717, 1.165) is 12.1 Å². The SMILES string of the molecule is Fc1ccc(Nc2nc3ccc(F)c(F)c3o2)cc1Cl. The maximum absolute atomic E-state index is 13.5. The molecule has 3 nitrogen and oxygen atoms in total. The van der Waals surface area contributed by atoms with Crippen LogP contribution in [0.3, 0.4) is 0 Å². The molecular formula is C13H6ClF3N2O. The Morgan fingerprint density at radius 1 is 1.05 bits per heavy atom. The summed E-state index contributed by atoms with van der Waals surface area (Å²) in [7, 11) is 0. The predicted octanol–water partition coefficient (Wildman–Crippen LogP) is 4.64. The Bertz CT molecular complexity index is 804. The molecule has 0 unspecified atom stereocenters. The van der Waals surface area contributed by atoms with E-state index in [1.165, 1.54) is 18.2 Å². The Balaban J connectivity index is 1.98. The van der Waals surface area contributed by atoms with E-state index in [1.807, 2.05) is 0 Å². The zero-order chi connectivity index (χ0) is 14.3. The fourth-order valence-electron chi connectivity index (χ4n) is 1.69. The molecule has 1 N–H and O–H groups in total. The van der Waals surface area contributed by atoms with Crippen molar-refractivity contribution in [3.8, 4) is 0 Å². The Morgan fingerprint density at radius 3 is 2.55 bits per heavy atom. The number of aromatic nitrogens is 1. The number of anilines is 2. The molecule has 0 amide bonds. The van der Waals surface area contributed by atoms with Gasteiger partial charge in [0.2, 0.25) is 5.82 Å². The lowest BCUT2D eigenvalue weighted by Gasteiger charge is -2.02. The van der Waals surface area contributed by atoms with Crippen molar-refractivity contribution in [1.82, 2.24) is 4.98 Å². The van der Waals surface area contributed by atoms with Gasteiger partial charge in [0.25, 0.3) is 6.01 Å². The normalized spacial score (nSPS) is 11.0. The minimum atomic E-state index is -1.11. The Kier molecular flexibility index (Phi) is 3.02. The Morgan fingerprint density at radius 2 is 1.80 bits per heavy atom. The highest BCUT2D eigenvalue weighted by Crippen LogP contribution is 2.27. The molecule has 3 aromatic rings. The van der Waals surface area contributed by atoms with Gasteiger partial charge in [-0.2, -0.15) is 9.37 Å². The van der Waals surface area contributed by atoms with Crippen LogP contribution in [-0.4, -0.2) is 4.98 Å². The summed E-state index contributed by atoms with van der Waals surface area (Å²) in [4.78, 5) is 3.94.